The molecule has 0 saturated heterocycles. The smallest absolute Gasteiger partial charge is 0.251 e. The van der Waals surface area contributed by atoms with Crippen molar-refractivity contribution in [1.82, 2.24) is 10.2 Å². The molecule has 158 valence electrons. The fourth-order valence-corrected chi connectivity index (χ4v) is 4.74. The number of amides is 1. The molecular formula is C23H26ClN3O2S. The lowest BCUT2D eigenvalue weighted by Gasteiger charge is -2.38. The number of carbonyl (C=O) groups excluding carboxylic acids is 1. The number of furan rings is 1. The largest absolute Gasteiger partial charge is 0.467 e. The summed E-state index contributed by atoms with van der Waals surface area (Å²) in [7, 11) is 4.17. The summed E-state index contributed by atoms with van der Waals surface area (Å²) in [6.45, 7) is 3.51. The summed E-state index contributed by atoms with van der Waals surface area (Å²) in [5, 5.41) is 2.94. The molecule has 1 aliphatic rings. The number of nitrogens with zero attached hydrogens (tertiary/aromatic N) is 2. The zero-order valence-corrected chi connectivity index (χ0v) is 18.9. The third kappa shape index (κ3) is 4.67. The minimum atomic E-state index is -0.103. The predicted molar refractivity (Wildman–Crippen MR) is 124 cm³/mol. The lowest BCUT2D eigenvalue weighted by Crippen LogP contribution is -2.38. The number of likely N-dealkylation sites (N-methyl/N-ethyl adjacent to an activating group) is 1. The zero-order chi connectivity index (χ0) is 20.4. The van der Waals surface area contributed by atoms with Crippen molar-refractivity contribution in [3.05, 3.63) is 72.2 Å². The maximum Gasteiger partial charge on any atom is 0.251 e. The molecule has 1 N–H and O–H groups in total. The average molecular weight is 444 g/mol. The van der Waals surface area contributed by atoms with E-state index < -0.39 is 0 Å². The van der Waals surface area contributed by atoms with E-state index in [9.17, 15) is 4.79 Å². The SMILES string of the molecule is CC(CN(C)C)N1c2ccccc2Sc2ccc(C(=O)NCc3ccco3)cc21.Cl. The molecule has 4 rings (SSSR count). The number of anilines is 2. The van der Waals surface area contributed by atoms with Crippen LogP contribution in [-0.2, 0) is 6.54 Å². The Hall–Kier alpha value is -2.41. The standard InChI is InChI=1S/C23H25N3O2S.ClH/c1-16(15-25(2)3)26-19-8-4-5-9-21(19)29-22-11-10-17(13-20(22)26)23(27)24-14-18-7-6-12-28-18;/h4-13,16H,14-15H2,1-3H3,(H,24,27);1H. The first-order valence-corrected chi connectivity index (χ1v) is 10.5. The van der Waals surface area contributed by atoms with Gasteiger partial charge in [0.15, 0.2) is 0 Å². The number of para-hydroxylation sites is 1. The minimum Gasteiger partial charge on any atom is -0.467 e. The Morgan fingerprint density at radius 1 is 1.10 bits per heavy atom. The van der Waals surface area contributed by atoms with Gasteiger partial charge in [0.25, 0.3) is 5.91 Å². The van der Waals surface area contributed by atoms with Crippen molar-refractivity contribution < 1.29 is 9.21 Å². The van der Waals surface area contributed by atoms with Gasteiger partial charge in [-0.15, -0.1) is 12.4 Å². The van der Waals surface area contributed by atoms with Gasteiger partial charge in [-0.25, -0.2) is 0 Å². The summed E-state index contributed by atoms with van der Waals surface area (Å²) >= 11 is 1.75. The van der Waals surface area contributed by atoms with Crippen LogP contribution in [0, 0.1) is 0 Å². The lowest BCUT2D eigenvalue weighted by atomic mass is 10.1. The van der Waals surface area contributed by atoms with Gasteiger partial charge in [-0.3, -0.25) is 4.79 Å². The van der Waals surface area contributed by atoms with Gasteiger partial charge in [0.05, 0.1) is 24.2 Å². The second-order valence-corrected chi connectivity index (χ2v) is 8.58. The third-order valence-corrected chi connectivity index (χ3v) is 6.03. The summed E-state index contributed by atoms with van der Waals surface area (Å²) in [6.07, 6.45) is 1.61. The molecule has 2 aromatic carbocycles. The van der Waals surface area contributed by atoms with Gasteiger partial charge in [-0.1, -0.05) is 23.9 Å². The molecule has 7 heteroatoms. The number of rotatable bonds is 6. The lowest BCUT2D eigenvalue weighted by molar-refractivity contribution is 0.0948. The maximum atomic E-state index is 12.7. The highest BCUT2D eigenvalue weighted by molar-refractivity contribution is 7.99. The molecular weight excluding hydrogens is 418 g/mol. The van der Waals surface area contributed by atoms with E-state index >= 15 is 0 Å². The van der Waals surface area contributed by atoms with E-state index in [1.165, 1.54) is 10.6 Å². The van der Waals surface area contributed by atoms with Crippen molar-refractivity contribution in [1.29, 1.82) is 0 Å². The fourth-order valence-electron chi connectivity index (χ4n) is 3.69. The molecule has 2 heterocycles. The van der Waals surface area contributed by atoms with Crippen LogP contribution in [0.1, 0.15) is 23.0 Å². The van der Waals surface area contributed by atoms with E-state index in [1.54, 1.807) is 18.0 Å². The second kappa shape index (κ2) is 9.60. The highest BCUT2D eigenvalue weighted by Gasteiger charge is 2.28. The number of carbonyl (C=O) groups is 1. The van der Waals surface area contributed by atoms with Gasteiger partial charge in [-0.05, 0) is 63.5 Å². The number of fused-ring (bicyclic) bond motifs is 2. The van der Waals surface area contributed by atoms with Gasteiger partial charge in [0.2, 0.25) is 0 Å². The Bertz CT molecular complexity index is 1010. The molecule has 1 aromatic heterocycles. The van der Waals surface area contributed by atoms with E-state index in [0.717, 1.165) is 22.9 Å². The zero-order valence-electron chi connectivity index (χ0n) is 17.3. The van der Waals surface area contributed by atoms with Crippen LogP contribution < -0.4 is 10.2 Å². The van der Waals surface area contributed by atoms with Crippen LogP contribution in [0.2, 0.25) is 0 Å². The maximum absolute atomic E-state index is 12.7. The Morgan fingerprint density at radius 3 is 2.60 bits per heavy atom. The van der Waals surface area contributed by atoms with E-state index in [-0.39, 0.29) is 24.4 Å². The summed E-state index contributed by atoms with van der Waals surface area (Å²) in [4.78, 5) is 19.7. The molecule has 0 radical (unpaired) electrons. The Kier molecular flexibility index (Phi) is 7.13. The van der Waals surface area contributed by atoms with E-state index in [1.807, 2.05) is 30.3 Å². The quantitative estimate of drug-likeness (QED) is 0.568. The average Bonchev–Trinajstić information content (AvgIpc) is 3.22. The van der Waals surface area contributed by atoms with E-state index in [0.29, 0.717) is 12.1 Å². The molecule has 1 amide bonds. The van der Waals surface area contributed by atoms with Crippen LogP contribution in [0.25, 0.3) is 0 Å². The van der Waals surface area contributed by atoms with Crippen molar-refractivity contribution in [3.8, 4) is 0 Å². The van der Waals surface area contributed by atoms with Crippen LogP contribution in [0.15, 0.2) is 75.1 Å². The number of halogens is 1. The number of hydrogen-bond acceptors (Lipinski definition) is 5. The van der Waals surface area contributed by atoms with Gasteiger partial charge in [-0.2, -0.15) is 0 Å². The highest BCUT2D eigenvalue weighted by Crippen LogP contribution is 2.49. The molecule has 0 spiro atoms. The second-order valence-electron chi connectivity index (χ2n) is 7.50. The molecule has 0 saturated carbocycles. The Morgan fingerprint density at radius 2 is 1.87 bits per heavy atom. The molecule has 0 aliphatic carbocycles. The van der Waals surface area contributed by atoms with Crippen LogP contribution in [-0.4, -0.2) is 37.5 Å². The molecule has 1 aliphatic heterocycles. The Labute approximate surface area is 187 Å². The first-order chi connectivity index (χ1) is 14.0. The van der Waals surface area contributed by atoms with Gasteiger partial charge in [0, 0.05) is 27.9 Å². The normalized spacial score (nSPS) is 13.3. The van der Waals surface area contributed by atoms with Gasteiger partial charge < -0.3 is 19.5 Å². The molecule has 1 unspecified atom stereocenters. The monoisotopic (exact) mass is 443 g/mol. The molecule has 0 bridgehead atoms. The number of nitrogens with one attached hydrogen (secondary N) is 1. The fraction of sp³-hybridized carbons (Fsp3) is 0.261. The van der Waals surface area contributed by atoms with Crippen LogP contribution in [0.4, 0.5) is 11.4 Å². The molecule has 0 fully saturated rings. The molecule has 5 nitrogen and oxygen atoms in total. The number of benzene rings is 2. The molecule has 3 aromatic rings. The van der Waals surface area contributed by atoms with Crippen molar-refractivity contribution in [2.24, 2.45) is 0 Å². The summed E-state index contributed by atoms with van der Waals surface area (Å²) < 4.78 is 5.30. The Balaban J connectivity index is 0.00000256. The van der Waals surface area contributed by atoms with Crippen LogP contribution >= 0.6 is 24.2 Å². The van der Waals surface area contributed by atoms with Crippen molar-refractivity contribution in [2.75, 3.05) is 25.5 Å². The summed E-state index contributed by atoms with van der Waals surface area (Å²) in [6, 6.07) is 18.3. The molecule has 1 atom stereocenters. The first kappa shape index (κ1) is 22.3. The van der Waals surface area contributed by atoms with Gasteiger partial charge >= 0.3 is 0 Å². The van der Waals surface area contributed by atoms with Crippen LogP contribution in [0.3, 0.4) is 0 Å². The predicted octanol–water partition coefficient (Wildman–Crippen LogP) is 5.18. The summed E-state index contributed by atoms with van der Waals surface area (Å²) in [5.74, 6) is 0.635. The first-order valence-electron chi connectivity index (χ1n) is 9.68. The highest BCUT2D eigenvalue weighted by atomic mass is 35.5. The van der Waals surface area contributed by atoms with E-state index in [2.05, 4.69) is 60.4 Å². The third-order valence-electron chi connectivity index (χ3n) is 4.90. The topological polar surface area (TPSA) is 48.7 Å². The van der Waals surface area contributed by atoms with Gasteiger partial charge in [0.1, 0.15) is 5.76 Å². The number of hydrogen-bond donors (Lipinski definition) is 1. The van der Waals surface area contributed by atoms with Crippen LogP contribution in [0.5, 0.6) is 0 Å². The minimum absolute atomic E-state index is 0. The van der Waals surface area contributed by atoms with Crippen molar-refractivity contribution >= 4 is 41.5 Å². The molecule has 30 heavy (non-hydrogen) atoms. The summed E-state index contributed by atoms with van der Waals surface area (Å²) in [5.41, 5.74) is 2.92. The van der Waals surface area contributed by atoms with Crippen molar-refractivity contribution in [2.45, 2.75) is 29.3 Å². The van der Waals surface area contributed by atoms with E-state index in [4.69, 9.17) is 4.42 Å². The van der Waals surface area contributed by atoms with Crippen molar-refractivity contribution in [3.63, 3.8) is 0 Å².